The van der Waals surface area contributed by atoms with Crippen LogP contribution in [0.4, 0.5) is 0 Å². The molecule has 0 radical (unpaired) electrons. The molecule has 2 aliphatic rings. The Morgan fingerprint density at radius 1 is 1.00 bits per heavy atom. The van der Waals surface area contributed by atoms with E-state index in [0.29, 0.717) is 6.42 Å². The van der Waals surface area contributed by atoms with Gasteiger partial charge in [0.2, 0.25) is 0 Å². The first-order chi connectivity index (χ1) is 11.0. The molecule has 2 rings (SSSR count). The third-order valence-electron chi connectivity index (χ3n) is 4.67. The lowest BCUT2D eigenvalue weighted by Crippen LogP contribution is -2.59. The third-order valence-corrected chi connectivity index (χ3v) is 4.67. The van der Waals surface area contributed by atoms with Gasteiger partial charge < -0.3 is 40.1 Å². The number of rotatable bonds is 7. The summed E-state index contributed by atoms with van der Waals surface area (Å²) in [5.41, 5.74) is 1.86. The van der Waals surface area contributed by atoms with Crippen LogP contribution in [0, 0.1) is 5.92 Å². The zero-order valence-corrected chi connectivity index (χ0v) is 12.9. The number of hydrogen-bond acceptors (Lipinski definition) is 8. The van der Waals surface area contributed by atoms with Crippen LogP contribution >= 0.6 is 0 Å². The molecule has 23 heavy (non-hydrogen) atoms. The van der Waals surface area contributed by atoms with Crippen molar-refractivity contribution in [3.05, 3.63) is 11.1 Å². The topological polar surface area (TPSA) is 140 Å². The second kappa shape index (κ2) is 8.50. The second-order valence-electron chi connectivity index (χ2n) is 6.02. The average molecular weight is 334 g/mol. The van der Waals surface area contributed by atoms with E-state index in [1.165, 1.54) is 0 Å². The van der Waals surface area contributed by atoms with Gasteiger partial charge in [-0.25, -0.2) is 0 Å². The first kappa shape index (κ1) is 18.8. The molecule has 0 aromatic rings. The Labute approximate surface area is 134 Å². The fourth-order valence-corrected chi connectivity index (χ4v) is 3.20. The van der Waals surface area contributed by atoms with Crippen molar-refractivity contribution in [2.75, 3.05) is 26.4 Å². The van der Waals surface area contributed by atoms with E-state index in [0.717, 1.165) is 24.0 Å². The standard InChI is InChI=1S/C15H26O8/c16-5-9-2-1-8(10(9)6-17)3-4-22-15-14(21)13(20)12(19)11(7-18)23-15/h9,11-21H,1-7H2/t9-,11-,12-,13-,14-,15-/m1/s1. The van der Waals surface area contributed by atoms with Crippen LogP contribution in [-0.2, 0) is 9.47 Å². The molecule has 0 aromatic heterocycles. The average Bonchev–Trinajstić information content (AvgIpc) is 2.96. The van der Waals surface area contributed by atoms with Crippen LogP contribution in [-0.4, -0.2) is 87.8 Å². The zero-order chi connectivity index (χ0) is 17.0. The Morgan fingerprint density at radius 2 is 1.74 bits per heavy atom. The lowest BCUT2D eigenvalue weighted by molar-refractivity contribution is -0.300. The minimum absolute atomic E-state index is 0.00691. The highest BCUT2D eigenvalue weighted by molar-refractivity contribution is 5.23. The highest BCUT2D eigenvalue weighted by atomic mass is 16.7. The molecule has 8 nitrogen and oxygen atoms in total. The van der Waals surface area contributed by atoms with Gasteiger partial charge in [0.25, 0.3) is 0 Å². The van der Waals surface area contributed by atoms with Crippen molar-refractivity contribution in [2.24, 2.45) is 5.92 Å². The van der Waals surface area contributed by atoms with Crippen molar-refractivity contribution in [2.45, 2.75) is 50.0 Å². The summed E-state index contributed by atoms with van der Waals surface area (Å²) in [5.74, 6) is -0.0118. The summed E-state index contributed by atoms with van der Waals surface area (Å²) in [7, 11) is 0. The second-order valence-corrected chi connectivity index (χ2v) is 6.02. The Kier molecular flexibility index (Phi) is 6.93. The monoisotopic (exact) mass is 334 g/mol. The summed E-state index contributed by atoms with van der Waals surface area (Å²) < 4.78 is 10.7. The van der Waals surface area contributed by atoms with Gasteiger partial charge in [-0.3, -0.25) is 0 Å². The quantitative estimate of drug-likeness (QED) is 0.291. The largest absolute Gasteiger partial charge is 0.396 e. The summed E-state index contributed by atoms with van der Waals surface area (Å²) in [6.07, 6.45) is -4.31. The first-order valence-electron chi connectivity index (χ1n) is 7.88. The van der Waals surface area contributed by atoms with Crippen molar-refractivity contribution in [3.8, 4) is 0 Å². The molecular formula is C15H26O8. The lowest BCUT2D eigenvalue weighted by atomic mass is 9.99. The van der Waals surface area contributed by atoms with Crippen molar-refractivity contribution in [1.82, 2.24) is 0 Å². The van der Waals surface area contributed by atoms with Gasteiger partial charge in [-0.15, -0.1) is 0 Å². The van der Waals surface area contributed by atoms with Crippen LogP contribution in [0.5, 0.6) is 0 Å². The van der Waals surface area contributed by atoms with Gasteiger partial charge >= 0.3 is 0 Å². The zero-order valence-electron chi connectivity index (χ0n) is 12.9. The van der Waals surface area contributed by atoms with Gasteiger partial charge in [-0.05, 0) is 24.8 Å². The predicted octanol–water partition coefficient (Wildman–Crippen LogP) is -2.12. The van der Waals surface area contributed by atoms with E-state index in [-0.39, 0.29) is 25.7 Å². The number of ether oxygens (including phenoxy) is 2. The molecule has 0 unspecified atom stereocenters. The number of aliphatic hydroxyl groups is 6. The molecule has 0 aromatic carbocycles. The molecule has 1 fully saturated rings. The summed E-state index contributed by atoms with van der Waals surface area (Å²) in [4.78, 5) is 0. The van der Waals surface area contributed by atoms with Crippen LogP contribution in [0.2, 0.25) is 0 Å². The third kappa shape index (κ3) is 4.09. The molecule has 1 heterocycles. The molecule has 6 atom stereocenters. The minimum Gasteiger partial charge on any atom is -0.396 e. The maximum Gasteiger partial charge on any atom is 0.186 e. The molecule has 1 aliphatic carbocycles. The Morgan fingerprint density at radius 3 is 2.35 bits per heavy atom. The molecule has 0 saturated carbocycles. The predicted molar refractivity (Wildman–Crippen MR) is 78.3 cm³/mol. The first-order valence-corrected chi connectivity index (χ1v) is 7.88. The van der Waals surface area contributed by atoms with E-state index >= 15 is 0 Å². The molecule has 6 N–H and O–H groups in total. The van der Waals surface area contributed by atoms with Crippen LogP contribution in [0.15, 0.2) is 11.1 Å². The lowest BCUT2D eigenvalue weighted by Gasteiger charge is -2.39. The Bertz CT molecular complexity index is 410. The highest BCUT2D eigenvalue weighted by Gasteiger charge is 2.44. The van der Waals surface area contributed by atoms with Crippen LogP contribution in [0.25, 0.3) is 0 Å². The normalized spacial score (nSPS) is 38.3. The van der Waals surface area contributed by atoms with E-state index in [1.807, 2.05) is 0 Å². The Hall–Kier alpha value is -0.580. The van der Waals surface area contributed by atoms with E-state index in [4.69, 9.17) is 14.6 Å². The van der Waals surface area contributed by atoms with E-state index in [1.54, 1.807) is 0 Å². The van der Waals surface area contributed by atoms with Crippen molar-refractivity contribution in [1.29, 1.82) is 0 Å². The van der Waals surface area contributed by atoms with E-state index in [9.17, 15) is 25.5 Å². The molecule has 1 saturated heterocycles. The van der Waals surface area contributed by atoms with Crippen molar-refractivity contribution >= 4 is 0 Å². The maximum absolute atomic E-state index is 9.86. The summed E-state index contributed by atoms with van der Waals surface area (Å²) in [5, 5.41) is 57.0. The SMILES string of the molecule is OCC1=C(CCO[C@@H]2O[C@H](CO)[C@@H](O)[C@@H](O)[C@H]2O)CC[C@@H]1CO. The van der Waals surface area contributed by atoms with Crippen molar-refractivity contribution in [3.63, 3.8) is 0 Å². The fraction of sp³-hybridized carbons (Fsp3) is 0.867. The molecule has 0 spiro atoms. The molecule has 0 amide bonds. The Balaban J connectivity index is 1.88. The van der Waals surface area contributed by atoms with Crippen LogP contribution < -0.4 is 0 Å². The van der Waals surface area contributed by atoms with E-state index in [2.05, 4.69) is 0 Å². The molecular weight excluding hydrogens is 308 g/mol. The molecule has 8 heteroatoms. The van der Waals surface area contributed by atoms with Gasteiger partial charge in [0.15, 0.2) is 6.29 Å². The highest BCUT2D eigenvalue weighted by Crippen LogP contribution is 2.33. The molecule has 134 valence electrons. The van der Waals surface area contributed by atoms with Gasteiger partial charge in [0, 0.05) is 12.5 Å². The molecule has 1 aliphatic heterocycles. The van der Waals surface area contributed by atoms with Crippen LogP contribution in [0.1, 0.15) is 19.3 Å². The summed E-state index contributed by atoms with van der Waals surface area (Å²) in [6.45, 7) is -0.393. The van der Waals surface area contributed by atoms with Gasteiger partial charge in [0.1, 0.15) is 24.4 Å². The fourth-order valence-electron chi connectivity index (χ4n) is 3.20. The number of hydrogen-bond donors (Lipinski definition) is 6. The number of aliphatic hydroxyl groups excluding tert-OH is 6. The van der Waals surface area contributed by atoms with Crippen LogP contribution in [0.3, 0.4) is 0 Å². The maximum atomic E-state index is 9.86. The van der Waals surface area contributed by atoms with Crippen molar-refractivity contribution < 1.29 is 40.1 Å². The van der Waals surface area contributed by atoms with Gasteiger partial charge in [-0.2, -0.15) is 0 Å². The van der Waals surface area contributed by atoms with Gasteiger partial charge in [-0.1, -0.05) is 5.57 Å². The van der Waals surface area contributed by atoms with Gasteiger partial charge in [0.05, 0.1) is 19.8 Å². The summed E-state index contributed by atoms with van der Waals surface area (Å²) in [6, 6.07) is 0. The smallest absolute Gasteiger partial charge is 0.186 e. The minimum atomic E-state index is -1.46. The van der Waals surface area contributed by atoms with E-state index < -0.39 is 37.3 Å². The summed E-state index contributed by atoms with van der Waals surface area (Å²) >= 11 is 0. The molecule has 0 bridgehead atoms.